The smallest absolute Gasteiger partial charge is 0.244 e. The third kappa shape index (κ3) is 13.9. The van der Waals surface area contributed by atoms with Crippen molar-refractivity contribution >= 4 is 35.4 Å². The molecule has 1 aliphatic heterocycles. The predicted molar refractivity (Wildman–Crippen MR) is 235 cm³/mol. The summed E-state index contributed by atoms with van der Waals surface area (Å²) in [5.74, 6) is 0.148. The van der Waals surface area contributed by atoms with Gasteiger partial charge in [-0.25, -0.2) is 0 Å². The number of rotatable bonds is 24. The highest BCUT2D eigenvalue weighted by Crippen LogP contribution is 2.30. The molecule has 0 aliphatic carbocycles. The van der Waals surface area contributed by atoms with E-state index in [1.807, 2.05) is 87.9 Å². The summed E-state index contributed by atoms with van der Waals surface area (Å²) in [6.45, 7) is 14.5. The molecule has 9 atom stereocenters. The Morgan fingerprint density at radius 1 is 0.862 bits per heavy atom. The maximum atomic E-state index is 14.4. The number of ether oxygens (including phenoxy) is 2. The van der Waals surface area contributed by atoms with Crippen molar-refractivity contribution in [3.63, 3.8) is 0 Å². The zero-order valence-corrected chi connectivity index (χ0v) is 37.8. The summed E-state index contributed by atoms with van der Waals surface area (Å²) >= 11 is 1.80. The molecule has 324 valence electrons. The zero-order chi connectivity index (χ0) is 42.9. The second-order valence-electron chi connectivity index (χ2n) is 16.8. The molecule has 58 heavy (non-hydrogen) atoms. The number of hydrogen-bond donors (Lipinski definition) is 3. The number of nitrogens with one attached hydrogen (secondary N) is 3. The van der Waals surface area contributed by atoms with Gasteiger partial charge in [-0.05, 0) is 62.2 Å². The van der Waals surface area contributed by atoms with Gasteiger partial charge in [0.1, 0.15) is 0 Å². The number of amides is 4. The summed E-state index contributed by atoms with van der Waals surface area (Å²) in [5.41, 5.74) is 2.41. The van der Waals surface area contributed by atoms with Crippen LogP contribution in [-0.2, 0) is 40.8 Å². The first-order valence-corrected chi connectivity index (χ1v) is 22.4. The van der Waals surface area contributed by atoms with Crippen LogP contribution in [0.1, 0.15) is 85.3 Å². The number of likely N-dealkylation sites (N-methyl/N-ethyl adjacent to an activating group) is 2. The Labute approximate surface area is 353 Å². The largest absolute Gasteiger partial charge is 0.379 e. The average Bonchev–Trinajstić information content (AvgIpc) is 3.68. The van der Waals surface area contributed by atoms with Gasteiger partial charge in [-0.2, -0.15) is 11.8 Å². The number of hydrogen-bond acceptors (Lipinski definition) is 9. The van der Waals surface area contributed by atoms with Gasteiger partial charge in [-0.3, -0.25) is 29.4 Å². The van der Waals surface area contributed by atoms with Gasteiger partial charge in [-0.1, -0.05) is 116 Å². The van der Waals surface area contributed by atoms with Crippen molar-refractivity contribution in [1.29, 1.82) is 0 Å². The van der Waals surface area contributed by atoms with Gasteiger partial charge in [0, 0.05) is 44.4 Å². The first-order chi connectivity index (χ1) is 27.7. The Balaban J connectivity index is 1.77. The van der Waals surface area contributed by atoms with E-state index < -0.39 is 30.2 Å². The fourth-order valence-electron chi connectivity index (χ4n) is 8.65. The number of carbonyl (C=O) groups excluding carboxylic acids is 4. The quantitative estimate of drug-likeness (QED) is 0.118. The number of nitrogens with zero attached hydrogens (tertiary/aromatic N) is 2. The summed E-state index contributed by atoms with van der Waals surface area (Å²) < 4.78 is 12.2. The second kappa shape index (κ2) is 24.7. The molecule has 0 spiro atoms. The zero-order valence-electron chi connectivity index (χ0n) is 37.0. The first-order valence-electron chi connectivity index (χ1n) is 21.2. The van der Waals surface area contributed by atoms with Crippen molar-refractivity contribution in [2.45, 2.75) is 129 Å². The molecule has 0 unspecified atom stereocenters. The number of thioether (sulfide) groups is 1. The van der Waals surface area contributed by atoms with Crippen molar-refractivity contribution in [3.8, 4) is 0 Å². The number of likely N-dealkylation sites (tertiary alicyclic amines) is 1. The van der Waals surface area contributed by atoms with Crippen molar-refractivity contribution in [3.05, 3.63) is 71.8 Å². The van der Waals surface area contributed by atoms with Crippen LogP contribution < -0.4 is 16.0 Å². The fourth-order valence-corrected chi connectivity index (χ4v) is 9.68. The Morgan fingerprint density at radius 2 is 1.48 bits per heavy atom. The van der Waals surface area contributed by atoms with Crippen LogP contribution in [0.5, 0.6) is 0 Å². The molecule has 4 amide bonds. The van der Waals surface area contributed by atoms with Crippen LogP contribution in [0.2, 0.25) is 0 Å². The molecular formula is C46H73N5O6S. The summed E-state index contributed by atoms with van der Waals surface area (Å²) in [5, 5.41) is 9.03. The van der Waals surface area contributed by atoms with Crippen LogP contribution in [-0.4, -0.2) is 116 Å². The van der Waals surface area contributed by atoms with Gasteiger partial charge in [-0.15, -0.1) is 0 Å². The van der Waals surface area contributed by atoms with E-state index in [4.69, 9.17) is 9.47 Å². The van der Waals surface area contributed by atoms with Crippen molar-refractivity contribution in [2.75, 3.05) is 40.6 Å². The van der Waals surface area contributed by atoms with Crippen LogP contribution in [0.15, 0.2) is 60.7 Å². The Hall–Kier alpha value is -3.29. The van der Waals surface area contributed by atoms with Crippen LogP contribution >= 0.6 is 11.8 Å². The van der Waals surface area contributed by atoms with E-state index in [1.165, 1.54) is 5.56 Å². The van der Waals surface area contributed by atoms with Gasteiger partial charge in [0.05, 0.1) is 42.7 Å². The average molecular weight is 824 g/mol. The molecule has 1 heterocycles. The second-order valence-corrected chi connectivity index (χ2v) is 17.8. The summed E-state index contributed by atoms with van der Waals surface area (Å²) in [6, 6.07) is 18.8. The number of carbonyl (C=O) groups is 4. The topological polar surface area (TPSA) is 129 Å². The fraction of sp³-hybridized carbons (Fsp3) is 0.652. The van der Waals surface area contributed by atoms with E-state index in [0.29, 0.717) is 13.0 Å². The molecule has 11 nitrogen and oxygen atoms in total. The standard InChI is InChI=1S/C46H73N5O6S/c1-12-32(6)42(50(9)41(31(4)5)46(55)49-45(54)40(47-8)30(2)3)38(56-10)27-39(52)51-25-19-24-37(51)43(57-11)33(7)44(53)48-36(26-34-20-15-13-16-21-34)29-58-28-35-22-17-14-18-23-35/h13-18,20-23,30-33,36-38,40-43,47H,12,19,24-29H2,1-11H3,(H,48,53)(H,49,54,55)/t32-,33+,36-,37-,38+,40-,41-,42-,43+/m0/s1. The van der Waals surface area contributed by atoms with Gasteiger partial charge < -0.3 is 25.0 Å². The predicted octanol–water partition coefficient (Wildman–Crippen LogP) is 5.95. The third-order valence-corrected chi connectivity index (χ3v) is 13.1. The monoisotopic (exact) mass is 824 g/mol. The van der Waals surface area contributed by atoms with E-state index in [0.717, 1.165) is 36.3 Å². The lowest BCUT2D eigenvalue weighted by Crippen LogP contribution is -2.60. The van der Waals surface area contributed by atoms with E-state index in [1.54, 1.807) is 33.0 Å². The first kappa shape index (κ1) is 49.1. The van der Waals surface area contributed by atoms with Crippen molar-refractivity contribution < 1.29 is 28.7 Å². The number of benzene rings is 2. The Morgan fingerprint density at radius 3 is 2.02 bits per heavy atom. The molecule has 3 rings (SSSR count). The van der Waals surface area contributed by atoms with Crippen LogP contribution in [0, 0.1) is 23.7 Å². The highest BCUT2D eigenvalue weighted by molar-refractivity contribution is 7.98. The SMILES string of the molecule is CC[C@H](C)[C@@H]([C@@H](CC(=O)N1CCC[C@H]1[C@H](OC)[C@@H](C)C(=O)N[C@H](CSCc1ccccc1)Cc1ccccc1)OC)N(C)[C@H](C(=O)NC(=O)[C@@H](NC)C(C)C)C(C)C. The molecule has 2 aromatic rings. The van der Waals surface area contributed by atoms with E-state index in [2.05, 4.69) is 54.1 Å². The maximum Gasteiger partial charge on any atom is 0.244 e. The third-order valence-electron chi connectivity index (χ3n) is 11.9. The van der Waals surface area contributed by atoms with Gasteiger partial charge in [0.15, 0.2) is 0 Å². The molecule has 1 saturated heterocycles. The number of imide groups is 1. The maximum absolute atomic E-state index is 14.4. The summed E-state index contributed by atoms with van der Waals surface area (Å²) in [4.78, 5) is 59.2. The lowest BCUT2D eigenvalue weighted by molar-refractivity contribution is -0.144. The van der Waals surface area contributed by atoms with E-state index in [-0.39, 0.29) is 65.9 Å². The highest BCUT2D eigenvalue weighted by Gasteiger charge is 2.43. The minimum atomic E-state index is -0.639. The summed E-state index contributed by atoms with van der Waals surface area (Å²) in [7, 11) is 6.85. The minimum Gasteiger partial charge on any atom is -0.379 e. The number of methoxy groups -OCH3 is 2. The molecule has 0 radical (unpaired) electrons. The molecule has 1 fully saturated rings. The van der Waals surface area contributed by atoms with Crippen LogP contribution in [0.25, 0.3) is 0 Å². The minimum absolute atomic E-state index is 0.0000794. The van der Waals surface area contributed by atoms with Crippen molar-refractivity contribution in [1.82, 2.24) is 25.8 Å². The van der Waals surface area contributed by atoms with Gasteiger partial charge in [0.25, 0.3) is 0 Å². The van der Waals surface area contributed by atoms with Gasteiger partial charge in [0.2, 0.25) is 23.6 Å². The van der Waals surface area contributed by atoms with Crippen molar-refractivity contribution in [2.24, 2.45) is 23.7 Å². The Bertz CT molecular complexity index is 1550. The molecule has 2 aromatic carbocycles. The molecule has 1 aliphatic rings. The summed E-state index contributed by atoms with van der Waals surface area (Å²) in [6.07, 6.45) is 2.09. The van der Waals surface area contributed by atoms with E-state index in [9.17, 15) is 19.2 Å². The van der Waals surface area contributed by atoms with Crippen LogP contribution in [0.3, 0.4) is 0 Å². The van der Waals surface area contributed by atoms with E-state index >= 15 is 0 Å². The molecular weight excluding hydrogens is 751 g/mol. The Kier molecular flexibility index (Phi) is 20.9. The molecule has 3 N–H and O–H groups in total. The lowest BCUT2D eigenvalue weighted by Gasteiger charge is -2.43. The van der Waals surface area contributed by atoms with Gasteiger partial charge >= 0.3 is 0 Å². The van der Waals surface area contributed by atoms with Crippen LogP contribution in [0.4, 0.5) is 0 Å². The normalized spacial score (nSPS) is 18.7. The molecule has 12 heteroatoms. The highest BCUT2D eigenvalue weighted by atomic mass is 32.2. The lowest BCUT2D eigenvalue weighted by atomic mass is 9.87. The molecule has 0 saturated carbocycles. The molecule has 0 aromatic heterocycles. The molecule has 0 bridgehead atoms.